The van der Waals surface area contributed by atoms with E-state index in [1.54, 1.807) is 6.07 Å². The maximum atomic E-state index is 13.6. The monoisotopic (exact) mass is 468 g/mol. The second-order valence-electron chi connectivity index (χ2n) is 10.5. The number of hydrogen-bond donors (Lipinski definition) is 1. The fraction of sp³-hybridized carbons (Fsp3) is 0.667. The third-order valence-electron chi connectivity index (χ3n) is 6.77. The van der Waals surface area contributed by atoms with Crippen molar-refractivity contribution in [3.8, 4) is 5.75 Å². The van der Waals surface area contributed by atoms with Crippen LogP contribution in [0.15, 0.2) is 24.3 Å². The van der Waals surface area contributed by atoms with Crippen LogP contribution >= 0.6 is 0 Å². The average molecular weight is 469 g/mol. The predicted octanol–water partition coefficient (Wildman–Crippen LogP) is 4.12. The normalized spacial score (nSPS) is 20.5. The Labute approximate surface area is 204 Å². The Balaban J connectivity index is 1.59. The van der Waals surface area contributed by atoms with Crippen LogP contribution in [0, 0.1) is 24.3 Å². The van der Waals surface area contributed by atoms with E-state index in [4.69, 9.17) is 11.3 Å². The van der Waals surface area contributed by atoms with E-state index in [1.165, 1.54) is 0 Å². The molecule has 2 atom stereocenters. The highest BCUT2D eigenvalue weighted by Gasteiger charge is 2.39. The first-order valence-electron chi connectivity index (χ1n) is 12.7. The molecule has 2 amide bonds. The smallest absolute Gasteiger partial charge is 0.245 e. The lowest BCUT2D eigenvalue weighted by molar-refractivity contribution is -0.150. The van der Waals surface area contributed by atoms with Crippen molar-refractivity contribution >= 4 is 17.5 Å². The molecule has 2 fully saturated rings. The molecule has 2 aliphatic heterocycles. The van der Waals surface area contributed by atoms with Crippen LogP contribution in [0.2, 0.25) is 0 Å². The number of piperazine rings is 1. The van der Waals surface area contributed by atoms with Crippen molar-refractivity contribution in [3.63, 3.8) is 0 Å². The highest BCUT2D eigenvalue weighted by Crippen LogP contribution is 2.29. The first-order chi connectivity index (χ1) is 16.3. The van der Waals surface area contributed by atoms with Crippen LogP contribution in [0.25, 0.3) is 4.85 Å². The summed E-state index contributed by atoms with van der Waals surface area (Å²) < 4.78 is 5.94. The molecule has 1 aromatic carbocycles. The van der Waals surface area contributed by atoms with Gasteiger partial charge in [-0.25, -0.2) is 4.85 Å². The number of carbonyl (C=O) groups is 2. The lowest BCUT2D eigenvalue weighted by Gasteiger charge is -2.42. The van der Waals surface area contributed by atoms with Crippen molar-refractivity contribution in [1.29, 1.82) is 0 Å². The molecule has 7 heteroatoms. The number of carbonyl (C=O) groups excluding carboxylic acids is 2. The third-order valence-corrected chi connectivity index (χ3v) is 6.77. The molecule has 2 heterocycles. The summed E-state index contributed by atoms with van der Waals surface area (Å²) in [6, 6.07) is 6.73. The summed E-state index contributed by atoms with van der Waals surface area (Å²) in [5, 5.41) is 3.35. The molecular formula is C27H40N4O3. The summed E-state index contributed by atoms with van der Waals surface area (Å²) in [5.74, 6) is 1.88. The number of para-hydroxylation sites is 2. The number of piperidine rings is 1. The van der Waals surface area contributed by atoms with Gasteiger partial charge in [0, 0.05) is 26.2 Å². The van der Waals surface area contributed by atoms with Crippen LogP contribution in [-0.4, -0.2) is 66.5 Å². The molecule has 0 spiro atoms. The molecule has 1 N–H and O–H groups in total. The first-order valence-corrected chi connectivity index (χ1v) is 12.7. The second kappa shape index (κ2) is 12.2. The molecule has 0 saturated carbocycles. The van der Waals surface area contributed by atoms with Gasteiger partial charge in [0.15, 0.2) is 0 Å². The standard InChI is InChI=1S/C27H40N4O3/c1-19(2)16-23-26(32)31(15-12-29-23)24(17-20(3)4)27(33)30-13-10-21(11-14-30)18-34-25-9-7-6-8-22(25)28-5/h6-9,19-21,23-24,29H,10-18H2,1-4H3/t23-,24-/m0/s1. The summed E-state index contributed by atoms with van der Waals surface area (Å²) in [4.78, 5) is 34.2. The van der Waals surface area contributed by atoms with Crippen molar-refractivity contribution in [1.82, 2.24) is 15.1 Å². The number of nitrogens with zero attached hydrogens (tertiary/aromatic N) is 3. The van der Waals surface area contributed by atoms with Gasteiger partial charge >= 0.3 is 0 Å². The van der Waals surface area contributed by atoms with Gasteiger partial charge in [0.05, 0.1) is 19.2 Å². The molecule has 7 nitrogen and oxygen atoms in total. The SMILES string of the molecule is [C-]#[N+]c1ccccc1OCC1CCN(C(=O)[C@H](CC(C)C)N2CCN[C@@H](CC(C)C)C2=O)CC1. The summed E-state index contributed by atoms with van der Waals surface area (Å²) in [5.41, 5.74) is 0.531. The zero-order chi connectivity index (χ0) is 24.7. The van der Waals surface area contributed by atoms with Crippen LogP contribution in [0.3, 0.4) is 0 Å². The van der Waals surface area contributed by atoms with Crippen molar-refractivity contribution in [3.05, 3.63) is 35.7 Å². The fourth-order valence-electron chi connectivity index (χ4n) is 4.94. The van der Waals surface area contributed by atoms with E-state index in [-0.39, 0.29) is 23.9 Å². The Morgan fingerprint density at radius 3 is 2.50 bits per heavy atom. The van der Waals surface area contributed by atoms with Crippen LogP contribution < -0.4 is 10.1 Å². The van der Waals surface area contributed by atoms with Crippen molar-refractivity contribution < 1.29 is 14.3 Å². The number of benzene rings is 1. The average Bonchev–Trinajstić information content (AvgIpc) is 2.82. The molecule has 0 aromatic heterocycles. The van der Waals surface area contributed by atoms with Gasteiger partial charge in [-0.3, -0.25) is 9.59 Å². The van der Waals surface area contributed by atoms with Gasteiger partial charge in [-0.2, -0.15) is 0 Å². The van der Waals surface area contributed by atoms with Crippen molar-refractivity contribution in [2.45, 2.75) is 65.5 Å². The summed E-state index contributed by atoms with van der Waals surface area (Å²) in [6.07, 6.45) is 3.22. The highest BCUT2D eigenvalue weighted by molar-refractivity contribution is 5.90. The molecule has 186 valence electrons. The Morgan fingerprint density at radius 2 is 1.85 bits per heavy atom. The van der Waals surface area contributed by atoms with Gasteiger partial charge in [0.25, 0.3) is 0 Å². The molecule has 1 aromatic rings. The number of likely N-dealkylation sites (tertiary alicyclic amines) is 1. The number of ether oxygens (including phenoxy) is 1. The van der Waals surface area contributed by atoms with E-state index in [9.17, 15) is 9.59 Å². The minimum absolute atomic E-state index is 0.0701. The zero-order valence-corrected chi connectivity index (χ0v) is 21.1. The van der Waals surface area contributed by atoms with Crippen LogP contribution in [0.4, 0.5) is 5.69 Å². The van der Waals surface area contributed by atoms with E-state index >= 15 is 0 Å². The molecule has 34 heavy (non-hydrogen) atoms. The second-order valence-corrected chi connectivity index (χ2v) is 10.5. The van der Waals surface area contributed by atoms with E-state index < -0.39 is 0 Å². The lowest BCUT2D eigenvalue weighted by Crippen LogP contribution is -2.62. The quantitative estimate of drug-likeness (QED) is 0.554. The maximum absolute atomic E-state index is 13.6. The molecule has 0 bridgehead atoms. The van der Waals surface area contributed by atoms with Gasteiger partial charge in [0.2, 0.25) is 17.5 Å². The largest absolute Gasteiger partial charge is 0.504 e. The van der Waals surface area contributed by atoms with Crippen LogP contribution in [0.5, 0.6) is 5.75 Å². The minimum atomic E-state index is -0.386. The van der Waals surface area contributed by atoms with Gasteiger partial charge in [0.1, 0.15) is 11.8 Å². The highest BCUT2D eigenvalue weighted by atomic mass is 16.5. The Hall–Kier alpha value is -2.59. The Kier molecular flexibility index (Phi) is 9.35. The van der Waals surface area contributed by atoms with Crippen molar-refractivity contribution in [2.75, 3.05) is 32.8 Å². The summed E-state index contributed by atoms with van der Waals surface area (Å²) >= 11 is 0. The molecule has 3 rings (SSSR count). The van der Waals surface area contributed by atoms with Gasteiger partial charge in [-0.1, -0.05) is 45.9 Å². The van der Waals surface area contributed by atoms with E-state index in [1.807, 2.05) is 28.0 Å². The minimum Gasteiger partial charge on any atom is -0.504 e. The summed E-state index contributed by atoms with van der Waals surface area (Å²) in [6.45, 7) is 19.0. The van der Waals surface area contributed by atoms with E-state index in [2.05, 4.69) is 37.9 Å². The molecular weight excluding hydrogens is 428 g/mol. The Morgan fingerprint density at radius 1 is 1.15 bits per heavy atom. The molecule has 0 radical (unpaired) electrons. The molecule has 0 aliphatic carbocycles. The number of rotatable bonds is 9. The van der Waals surface area contributed by atoms with Crippen LogP contribution in [0.1, 0.15) is 53.4 Å². The maximum Gasteiger partial charge on any atom is 0.245 e. The first kappa shape index (κ1) is 26.0. The molecule has 2 saturated heterocycles. The van der Waals surface area contributed by atoms with Gasteiger partial charge in [-0.05, 0) is 49.5 Å². The number of hydrogen-bond acceptors (Lipinski definition) is 4. The lowest BCUT2D eigenvalue weighted by atomic mass is 9.94. The third kappa shape index (κ3) is 6.73. The van der Waals surface area contributed by atoms with Gasteiger partial charge < -0.3 is 19.9 Å². The number of nitrogens with one attached hydrogen (secondary N) is 1. The Bertz CT molecular complexity index is 871. The predicted molar refractivity (Wildman–Crippen MR) is 134 cm³/mol. The topological polar surface area (TPSA) is 66.2 Å². The molecule has 2 aliphatic rings. The fourth-order valence-corrected chi connectivity index (χ4v) is 4.94. The zero-order valence-electron chi connectivity index (χ0n) is 21.1. The van der Waals surface area contributed by atoms with Crippen molar-refractivity contribution in [2.24, 2.45) is 17.8 Å². The summed E-state index contributed by atoms with van der Waals surface area (Å²) in [7, 11) is 0. The van der Waals surface area contributed by atoms with E-state index in [0.29, 0.717) is 61.9 Å². The van der Waals surface area contributed by atoms with Gasteiger partial charge in [-0.15, -0.1) is 0 Å². The molecule has 0 unspecified atom stereocenters. The van der Waals surface area contributed by atoms with Crippen LogP contribution in [-0.2, 0) is 9.59 Å². The number of amides is 2. The van der Waals surface area contributed by atoms with E-state index in [0.717, 1.165) is 25.8 Å².